The molecule has 7 heteroatoms. The van der Waals surface area contributed by atoms with Gasteiger partial charge in [0.2, 0.25) is 5.89 Å². The lowest BCUT2D eigenvalue weighted by Crippen LogP contribution is -2.08. The Morgan fingerprint density at radius 1 is 0.917 bits per heavy atom. The van der Waals surface area contributed by atoms with Crippen molar-refractivity contribution in [1.82, 2.24) is 4.98 Å². The van der Waals surface area contributed by atoms with Gasteiger partial charge in [-0.2, -0.15) is 0 Å². The number of aryl methyl sites for hydroxylation is 1. The molecule has 4 aromatic rings. The highest BCUT2D eigenvalue weighted by Crippen LogP contribution is 2.23. The van der Waals surface area contributed by atoms with Crippen molar-refractivity contribution in [3.63, 3.8) is 0 Å². The van der Waals surface area contributed by atoms with Crippen molar-refractivity contribution in [2.24, 2.45) is 5.16 Å². The monoisotopic (exact) mass is 484 g/mol. The Bertz CT molecular complexity index is 1300. The van der Waals surface area contributed by atoms with Crippen LogP contribution >= 0.6 is 0 Å². The summed E-state index contributed by atoms with van der Waals surface area (Å²) in [6.45, 7) is 2.42. The van der Waals surface area contributed by atoms with E-state index in [0.717, 1.165) is 28.1 Å². The summed E-state index contributed by atoms with van der Waals surface area (Å²) in [5.41, 5.74) is 4.16. The number of oxazole rings is 1. The van der Waals surface area contributed by atoms with Gasteiger partial charge in [0.15, 0.2) is 0 Å². The number of aromatic nitrogens is 1. The van der Waals surface area contributed by atoms with Crippen LogP contribution in [0.4, 0.5) is 0 Å². The van der Waals surface area contributed by atoms with E-state index in [4.69, 9.17) is 18.7 Å². The Labute approximate surface area is 210 Å². The second-order valence-corrected chi connectivity index (χ2v) is 8.08. The van der Waals surface area contributed by atoms with Crippen molar-refractivity contribution in [3.8, 4) is 17.2 Å². The van der Waals surface area contributed by atoms with Gasteiger partial charge in [-0.1, -0.05) is 65.8 Å². The van der Waals surface area contributed by atoms with E-state index in [1.165, 1.54) is 7.11 Å². The number of benzene rings is 3. The van der Waals surface area contributed by atoms with Crippen molar-refractivity contribution in [2.75, 3.05) is 7.11 Å². The van der Waals surface area contributed by atoms with Crippen LogP contribution in [0.3, 0.4) is 0 Å². The quantitative estimate of drug-likeness (QED) is 0.145. The molecule has 0 spiro atoms. The number of methoxy groups -OCH3 is 1. The highest BCUT2D eigenvalue weighted by molar-refractivity contribution is 6.01. The van der Waals surface area contributed by atoms with Gasteiger partial charge in [-0.05, 0) is 42.3 Å². The second kappa shape index (κ2) is 12.4. The van der Waals surface area contributed by atoms with E-state index in [1.807, 2.05) is 91.9 Å². The summed E-state index contributed by atoms with van der Waals surface area (Å²) < 4.78 is 16.5. The number of esters is 1. The number of hydrogen-bond acceptors (Lipinski definition) is 7. The molecular formula is C29H28N2O5. The van der Waals surface area contributed by atoms with Crippen LogP contribution in [-0.4, -0.2) is 23.8 Å². The number of ether oxygens (including phenoxy) is 2. The van der Waals surface area contributed by atoms with Crippen LogP contribution in [0.2, 0.25) is 0 Å². The Morgan fingerprint density at radius 3 is 2.42 bits per heavy atom. The first-order chi connectivity index (χ1) is 17.6. The maximum absolute atomic E-state index is 11.6. The summed E-state index contributed by atoms with van der Waals surface area (Å²) >= 11 is 0. The van der Waals surface area contributed by atoms with Gasteiger partial charge in [-0.3, -0.25) is 4.79 Å². The van der Waals surface area contributed by atoms with Crippen LogP contribution in [0.1, 0.15) is 35.4 Å². The zero-order valence-corrected chi connectivity index (χ0v) is 20.3. The summed E-state index contributed by atoms with van der Waals surface area (Å²) in [5.74, 6) is 1.70. The fraction of sp³-hybridized carbons (Fsp3) is 0.207. The summed E-state index contributed by atoms with van der Waals surface area (Å²) in [4.78, 5) is 21.8. The van der Waals surface area contributed by atoms with Crippen molar-refractivity contribution in [3.05, 3.63) is 108 Å². The highest BCUT2D eigenvalue weighted by atomic mass is 16.6. The number of carbonyl (C=O) groups excluding carboxylic acids is 1. The van der Waals surface area contributed by atoms with E-state index in [-0.39, 0.29) is 25.6 Å². The molecule has 3 aromatic carbocycles. The van der Waals surface area contributed by atoms with Crippen molar-refractivity contribution in [2.45, 2.75) is 33.0 Å². The molecule has 1 aromatic heterocycles. The van der Waals surface area contributed by atoms with Crippen LogP contribution in [0.5, 0.6) is 5.75 Å². The predicted molar refractivity (Wildman–Crippen MR) is 136 cm³/mol. The molecule has 0 aliphatic heterocycles. The molecule has 0 atom stereocenters. The molecular weight excluding hydrogens is 456 g/mol. The normalized spacial score (nSPS) is 11.2. The average Bonchev–Trinajstić information content (AvgIpc) is 3.30. The first-order valence-corrected chi connectivity index (χ1v) is 11.7. The smallest absolute Gasteiger partial charge is 0.305 e. The minimum atomic E-state index is -0.290. The molecule has 0 fully saturated rings. The zero-order chi connectivity index (χ0) is 25.2. The molecule has 36 heavy (non-hydrogen) atoms. The van der Waals surface area contributed by atoms with Crippen molar-refractivity contribution >= 4 is 11.7 Å². The van der Waals surface area contributed by atoms with E-state index in [1.54, 1.807) is 0 Å². The third-order valence-electron chi connectivity index (χ3n) is 5.49. The number of oxime groups is 1. The van der Waals surface area contributed by atoms with Crippen LogP contribution < -0.4 is 4.74 Å². The van der Waals surface area contributed by atoms with Gasteiger partial charge in [0.05, 0.1) is 19.2 Å². The van der Waals surface area contributed by atoms with E-state index >= 15 is 0 Å². The molecule has 0 unspecified atom stereocenters. The maximum atomic E-state index is 11.6. The van der Waals surface area contributed by atoms with Gasteiger partial charge >= 0.3 is 5.97 Å². The molecule has 1 heterocycles. The van der Waals surface area contributed by atoms with Gasteiger partial charge in [0.1, 0.15) is 30.4 Å². The fourth-order valence-corrected chi connectivity index (χ4v) is 3.52. The lowest BCUT2D eigenvalue weighted by atomic mass is 10.1. The van der Waals surface area contributed by atoms with Crippen LogP contribution in [-0.2, 0) is 27.6 Å². The molecule has 0 aliphatic rings. The Hall–Kier alpha value is -4.39. The third kappa shape index (κ3) is 6.82. The minimum absolute atomic E-state index is 0.227. The molecule has 0 saturated heterocycles. The van der Waals surface area contributed by atoms with Gasteiger partial charge in [-0.15, -0.1) is 0 Å². The van der Waals surface area contributed by atoms with Crippen LogP contribution in [0.15, 0.2) is 94.5 Å². The van der Waals surface area contributed by atoms with Gasteiger partial charge in [-0.25, -0.2) is 4.98 Å². The molecule has 0 bridgehead atoms. The fourth-order valence-electron chi connectivity index (χ4n) is 3.52. The lowest BCUT2D eigenvalue weighted by Gasteiger charge is -2.09. The van der Waals surface area contributed by atoms with Gasteiger partial charge in [0.25, 0.3) is 0 Å². The number of carbonyl (C=O) groups is 1. The highest BCUT2D eigenvalue weighted by Gasteiger charge is 2.12. The molecule has 0 aliphatic carbocycles. The summed E-state index contributed by atoms with van der Waals surface area (Å²) in [6, 6.07) is 27.0. The number of rotatable bonds is 11. The average molecular weight is 485 g/mol. The first-order valence-electron chi connectivity index (χ1n) is 11.7. The topological polar surface area (TPSA) is 83.2 Å². The summed E-state index contributed by atoms with van der Waals surface area (Å²) in [6.07, 6.45) is 0.645. The van der Waals surface area contributed by atoms with E-state index in [2.05, 4.69) is 10.1 Å². The first kappa shape index (κ1) is 24.7. The standard InChI is InChI=1S/C29H28N2O5/c1-21-27(30-29(36-21)24-13-7-4-8-14-24)20-34-25-15-9-10-22(18-25)19-35-31-26(16-17-28(32)33-2)23-11-5-3-6-12-23/h3-15,18H,16-17,19-20H2,1-2H3/b31-26+. The van der Waals surface area contributed by atoms with Crippen LogP contribution in [0.25, 0.3) is 11.5 Å². The van der Waals surface area contributed by atoms with Gasteiger partial charge < -0.3 is 18.7 Å². The molecule has 184 valence electrons. The largest absolute Gasteiger partial charge is 0.487 e. The Morgan fingerprint density at radius 2 is 1.67 bits per heavy atom. The van der Waals surface area contributed by atoms with E-state index in [9.17, 15) is 4.79 Å². The summed E-state index contributed by atoms with van der Waals surface area (Å²) in [5, 5.41) is 4.31. The Kier molecular flexibility index (Phi) is 8.48. The second-order valence-electron chi connectivity index (χ2n) is 8.08. The number of hydrogen-bond donors (Lipinski definition) is 0. The molecule has 4 rings (SSSR count). The van der Waals surface area contributed by atoms with Gasteiger partial charge in [0, 0.05) is 12.0 Å². The molecule has 0 radical (unpaired) electrons. The zero-order valence-electron chi connectivity index (χ0n) is 20.3. The van der Waals surface area contributed by atoms with Crippen molar-refractivity contribution in [1.29, 1.82) is 0 Å². The summed E-state index contributed by atoms with van der Waals surface area (Å²) in [7, 11) is 1.37. The predicted octanol–water partition coefficient (Wildman–Crippen LogP) is 6.10. The SMILES string of the molecule is COC(=O)CC/C(=N\OCc1cccc(OCc2nc(-c3ccccc3)oc2C)c1)c1ccccc1. The molecule has 0 saturated carbocycles. The maximum Gasteiger partial charge on any atom is 0.305 e. The minimum Gasteiger partial charge on any atom is -0.487 e. The third-order valence-corrected chi connectivity index (χ3v) is 5.49. The van der Waals surface area contributed by atoms with Crippen molar-refractivity contribution < 1.29 is 23.5 Å². The number of nitrogens with zero attached hydrogens (tertiary/aromatic N) is 2. The van der Waals surface area contributed by atoms with E-state index in [0.29, 0.717) is 23.8 Å². The lowest BCUT2D eigenvalue weighted by molar-refractivity contribution is -0.140. The molecule has 0 amide bonds. The Balaban J connectivity index is 1.37. The molecule has 7 nitrogen and oxygen atoms in total. The van der Waals surface area contributed by atoms with E-state index < -0.39 is 0 Å². The molecule has 0 N–H and O–H groups in total. The van der Waals surface area contributed by atoms with Crippen LogP contribution in [0, 0.1) is 6.92 Å².